The van der Waals surface area contributed by atoms with Crippen molar-refractivity contribution in [2.24, 2.45) is 5.41 Å². The molecule has 1 aromatic rings. The molecule has 2 atom stereocenters. The third-order valence-corrected chi connectivity index (χ3v) is 7.29. The Morgan fingerprint density at radius 3 is 2.25 bits per heavy atom. The first-order chi connectivity index (χ1) is 12.9. The van der Waals surface area contributed by atoms with Crippen LogP contribution in [0, 0.1) is 5.41 Å². The first kappa shape index (κ1) is 21.5. The highest BCUT2D eigenvalue weighted by molar-refractivity contribution is 7.90. The van der Waals surface area contributed by atoms with Gasteiger partial charge in [-0.05, 0) is 71.9 Å². The highest BCUT2D eigenvalue weighted by Crippen LogP contribution is 2.45. The summed E-state index contributed by atoms with van der Waals surface area (Å²) in [5.41, 5.74) is 2.22. The van der Waals surface area contributed by atoms with Gasteiger partial charge in [0.25, 0.3) is 0 Å². The second kappa shape index (κ2) is 7.54. The molecule has 1 aliphatic carbocycles. The molecule has 0 bridgehead atoms. The SMILES string of the molecule is CC(C)(C)OC(=O)N1CCC2(Cc3ccccc3C2)C(N[S+]([O-])C(C)(C)C)C1. The molecule has 3 rings (SSSR count). The van der Waals surface area contributed by atoms with Gasteiger partial charge in [-0.25, -0.2) is 4.79 Å². The van der Waals surface area contributed by atoms with Crippen molar-refractivity contribution in [1.29, 1.82) is 0 Å². The van der Waals surface area contributed by atoms with E-state index in [4.69, 9.17) is 4.74 Å². The maximum atomic E-state index is 12.9. The molecule has 1 amide bonds. The van der Waals surface area contributed by atoms with Gasteiger partial charge in [0.05, 0.1) is 6.04 Å². The molecule has 1 aromatic carbocycles. The van der Waals surface area contributed by atoms with E-state index in [0.717, 1.165) is 19.3 Å². The Balaban J connectivity index is 1.82. The van der Waals surface area contributed by atoms with Crippen LogP contribution in [0.4, 0.5) is 4.79 Å². The number of carbonyl (C=O) groups excluding carboxylic acids is 1. The predicted molar refractivity (Wildman–Crippen MR) is 114 cm³/mol. The molecule has 0 radical (unpaired) electrons. The maximum absolute atomic E-state index is 12.9. The number of fused-ring (bicyclic) bond motifs is 1. The molecule has 28 heavy (non-hydrogen) atoms. The Morgan fingerprint density at radius 1 is 1.18 bits per heavy atom. The number of benzene rings is 1. The van der Waals surface area contributed by atoms with Crippen LogP contribution < -0.4 is 4.72 Å². The molecule has 2 aliphatic rings. The van der Waals surface area contributed by atoms with E-state index in [1.807, 2.05) is 41.5 Å². The monoisotopic (exact) mass is 406 g/mol. The van der Waals surface area contributed by atoms with Crippen molar-refractivity contribution < 1.29 is 14.1 Å². The molecule has 0 saturated carbocycles. The van der Waals surface area contributed by atoms with E-state index in [1.165, 1.54) is 11.1 Å². The van der Waals surface area contributed by atoms with Gasteiger partial charge in [-0.2, -0.15) is 0 Å². The minimum Gasteiger partial charge on any atom is -0.598 e. The number of likely N-dealkylation sites (tertiary alicyclic amines) is 1. The summed E-state index contributed by atoms with van der Waals surface area (Å²) in [6, 6.07) is 8.53. The number of hydrogen-bond acceptors (Lipinski definition) is 4. The van der Waals surface area contributed by atoms with Crippen LogP contribution in [0.3, 0.4) is 0 Å². The number of amides is 1. The molecule has 1 saturated heterocycles. The number of ether oxygens (including phenoxy) is 1. The zero-order valence-electron chi connectivity index (χ0n) is 18.0. The van der Waals surface area contributed by atoms with Gasteiger partial charge >= 0.3 is 6.09 Å². The number of hydrogen-bond donors (Lipinski definition) is 1. The van der Waals surface area contributed by atoms with Gasteiger partial charge in [-0.1, -0.05) is 24.3 Å². The molecule has 1 N–H and O–H groups in total. The third kappa shape index (κ3) is 4.66. The van der Waals surface area contributed by atoms with E-state index in [1.54, 1.807) is 4.90 Å². The van der Waals surface area contributed by atoms with Crippen molar-refractivity contribution in [3.63, 3.8) is 0 Å². The molecule has 1 fully saturated rings. The Bertz CT molecular complexity index is 698. The summed E-state index contributed by atoms with van der Waals surface area (Å²) >= 11 is -1.20. The van der Waals surface area contributed by atoms with Crippen LogP contribution in [-0.2, 0) is 28.9 Å². The van der Waals surface area contributed by atoms with Crippen LogP contribution >= 0.6 is 0 Å². The summed E-state index contributed by atoms with van der Waals surface area (Å²) in [6.45, 7) is 12.8. The summed E-state index contributed by atoms with van der Waals surface area (Å²) in [5.74, 6) is 0. The number of nitrogens with one attached hydrogen (secondary N) is 1. The van der Waals surface area contributed by atoms with Gasteiger partial charge in [-0.3, -0.25) is 0 Å². The average Bonchev–Trinajstić information content (AvgIpc) is 2.93. The van der Waals surface area contributed by atoms with E-state index in [-0.39, 0.29) is 22.3 Å². The first-order valence-electron chi connectivity index (χ1n) is 10.1. The molecule has 1 spiro atoms. The van der Waals surface area contributed by atoms with Crippen molar-refractivity contribution in [1.82, 2.24) is 9.62 Å². The highest BCUT2D eigenvalue weighted by atomic mass is 32.2. The van der Waals surface area contributed by atoms with Crippen molar-refractivity contribution in [3.8, 4) is 0 Å². The van der Waals surface area contributed by atoms with Crippen LogP contribution in [0.1, 0.15) is 59.1 Å². The largest absolute Gasteiger partial charge is 0.598 e. The van der Waals surface area contributed by atoms with Crippen LogP contribution in [0.2, 0.25) is 0 Å². The lowest BCUT2D eigenvalue weighted by atomic mass is 9.72. The van der Waals surface area contributed by atoms with Gasteiger partial charge in [0.2, 0.25) is 0 Å². The average molecular weight is 407 g/mol. The fraction of sp³-hybridized carbons (Fsp3) is 0.682. The zero-order chi connectivity index (χ0) is 20.7. The number of rotatable bonds is 2. The standard InChI is InChI=1S/C22H34N2O3S/c1-20(2,3)27-19(25)24-12-11-22(13-16-9-7-8-10-17(16)14-22)18(15-24)23-28(26)21(4,5)6/h7-10,18,23H,11-15H2,1-6H3. The molecule has 5 nitrogen and oxygen atoms in total. The van der Waals surface area contributed by atoms with Gasteiger partial charge in [0.1, 0.15) is 10.3 Å². The quantitative estimate of drug-likeness (QED) is 0.758. The maximum Gasteiger partial charge on any atom is 0.410 e. The smallest absolute Gasteiger partial charge is 0.410 e. The minimum absolute atomic E-state index is 0.0108. The lowest BCUT2D eigenvalue weighted by molar-refractivity contribution is 0.00423. The van der Waals surface area contributed by atoms with Gasteiger partial charge < -0.3 is 14.2 Å². The molecule has 156 valence electrons. The van der Waals surface area contributed by atoms with Crippen LogP contribution in [0.5, 0.6) is 0 Å². The molecular weight excluding hydrogens is 372 g/mol. The van der Waals surface area contributed by atoms with E-state index in [0.29, 0.717) is 13.1 Å². The second-order valence-corrected chi connectivity index (χ2v) is 12.2. The lowest BCUT2D eigenvalue weighted by Gasteiger charge is -2.46. The zero-order valence-corrected chi connectivity index (χ0v) is 18.8. The number of piperidine rings is 1. The first-order valence-corrected chi connectivity index (χ1v) is 11.3. The summed E-state index contributed by atoms with van der Waals surface area (Å²) < 4.78 is 21.5. The Kier molecular flexibility index (Phi) is 5.78. The fourth-order valence-corrected chi connectivity index (χ4v) is 5.08. The summed E-state index contributed by atoms with van der Waals surface area (Å²) in [5, 5.41) is 0. The van der Waals surface area contributed by atoms with Crippen LogP contribution in [0.15, 0.2) is 24.3 Å². The second-order valence-electron chi connectivity index (χ2n) is 10.2. The Hall–Kier alpha value is -1.24. The van der Waals surface area contributed by atoms with E-state index in [2.05, 4.69) is 29.0 Å². The van der Waals surface area contributed by atoms with Crippen LogP contribution in [-0.4, -0.2) is 45.0 Å². The topological polar surface area (TPSA) is 64.6 Å². The third-order valence-electron chi connectivity index (χ3n) is 5.68. The molecule has 0 aromatic heterocycles. The highest BCUT2D eigenvalue weighted by Gasteiger charge is 2.50. The van der Waals surface area contributed by atoms with Crippen molar-refractivity contribution >= 4 is 17.5 Å². The Morgan fingerprint density at radius 2 is 1.75 bits per heavy atom. The minimum atomic E-state index is -1.20. The molecule has 1 heterocycles. The molecule has 6 heteroatoms. The van der Waals surface area contributed by atoms with E-state index >= 15 is 0 Å². The van der Waals surface area contributed by atoms with Gasteiger partial charge in [0, 0.05) is 29.9 Å². The van der Waals surface area contributed by atoms with Crippen molar-refractivity contribution in [2.45, 2.75) is 77.2 Å². The van der Waals surface area contributed by atoms with Crippen molar-refractivity contribution in [3.05, 3.63) is 35.4 Å². The fourth-order valence-electron chi connectivity index (χ4n) is 4.14. The summed E-state index contributed by atoms with van der Waals surface area (Å²) in [4.78, 5) is 14.4. The van der Waals surface area contributed by atoms with Crippen molar-refractivity contribution in [2.75, 3.05) is 13.1 Å². The summed E-state index contributed by atoms with van der Waals surface area (Å²) in [6.07, 6.45) is 2.51. The van der Waals surface area contributed by atoms with E-state index < -0.39 is 17.0 Å². The predicted octanol–water partition coefficient (Wildman–Crippen LogP) is 3.83. The normalized spacial score (nSPS) is 22.8. The van der Waals surface area contributed by atoms with Gasteiger partial charge in [0.15, 0.2) is 0 Å². The number of carbonyl (C=O) groups is 1. The molecule has 2 unspecified atom stereocenters. The van der Waals surface area contributed by atoms with Gasteiger partial charge in [-0.15, -0.1) is 4.72 Å². The molecular formula is C22H34N2O3S. The summed E-state index contributed by atoms with van der Waals surface area (Å²) in [7, 11) is 0. The number of nitrogens with zero attached hydrogens (tertiary/aromatic N) is 1. The lowest BCUT2D eigenvalue weighted by Crippen LogP contribution is -2.62. The molecule has 1 aliphatic heterocycles. The van der Waals surface area contributed by atoms with Crippen LogP contribution in [0.25, 0.3) is 0 Å². The Labute approximate surface area is 172 Å². The van der Waals surface area contributed by atoms with E-state index in [9.17, 15) is 9.35 Å².